The van der Waals surface area contributed by atoms with Crippen molar-refractivity contribution in [2.24, 2.45) is 0 Å². The molecule has 0 fully saturated rings. The van der Waals surface area contributed by atoms with Gasteiger partial charge in [-0.2, -0.15) is 4.37 Å². The summed E-state index contributed by atoms with van der Waals surface area (Å²) in [7, 11) is 0. The molecule has 2 rings (SSSR count). The Labute approximate surface area is 95.6 Å². The summed E-state index contributed by atoms with van der Waals surface area (Å²) in [5.74, 6) is 0. The number of rotatable bonds is 3. The lowest BCUT2D eigenvalue weighted by Gasteiger charge is -2.08. The topological polar surface area (TPSA) is 58.9 Å². The highest BCUT2D eigenvalue weighted by Crippen LogP contribution is 2.31. The fourth-order valence-corrected chi connectivity index (χ4v) is 2.63. The normalized spacial score (nSPS) is 12.7. The zero-order chi connectivity index (χ0) is 10.7. The van der Waals surface area contributed by atoms with Crippen LogP contribution in [-0.2, 0) is 0 Å². The van der Waals surface area contributed by atoms with E-state index in [9.17, 15) is 5.11 Å². The molecule has 0 radical (unpaired) electrons. The van der Waals surface area contributed by atoms with Gasteiger partial charge in [-0.1, -0.05) is 6.07 Å². The van der Waals surface area contributed by atoms with Crippen LogP contribution in [0, 0.1) is 0 Å². The molecule has 0 aliphatic heterocycles. The number of nitrogens with zero attached hydrogens (tertiary/aromatic N) is 3. The van der Waals surface area contributed by atoms with E-state index in [1.807, 2.05) is 12.1 Å². The molecule has 4 nitrogen and oxygen atoms in total. The molecule has 0 saturated heterocycles. The first-order valence-electron chi connectivity index (χ1n) is 4.35. The second-order valence-electron chi connectivity index (χ2n) is 2.88. The maximum atomic E-state index is 9.55. The molecular formula is C9H9N3OS2. The summed E-state index contributed by atoms with van der Waals surface area (Å²) >= 11 is 2.74. The van der Waals surface area contributed by atoms with Crippen molar-refractivity contribution in [3.8, 4) is 0 Å². The van der Waals surface area contributed by atoms with E-state index in [1.54, 1.807) is 13.1 Å². The molecule has 1 atom stereocenters. The van der Waals surface area contributed by atoms with E-state index in [1.165, 1.54) is 29.6 Å². The van der Waals surface area contributed by atoms with E-state index in [0.717, 1.165) is 14.9 Å². The number of hydrogen-bond acceptors (Lipinski definition) is 6. The van der Waals surface area contributed by atoms with Crippen LogP contribution in [0.5, 0.6) is 0 Å². The highest BCUT2D eigenvalue weighted by atomic mass is 32.2. The van der Waals surface area contributed by atoms with E-state index in [-0.39, 0.29) is 0 Å². The van der Waals surface area contributed by atoms with E-state index < -0.39 is 6.10 Å². The Morgan fingerprint density at radius 2 is 2.33 bits per heavy atom. The lowest BCUT2D eigenvalue weighted by Crippen LogP contribution is -1.95. The van der Waals surface area contributed by atoms with Crippen molar-refractivity contribution in [1.82, 2.24) is 14.3 Å². The highest BCUT2D eigenvalue weighted by Gasteiger charge is 2.11. The number of hydrogen-bond donors (Lipinski definition) is 1. The van der Waals surface area contributed by atoms with Crippen molar-refractivity contribution in [1.29, 1.82) is 0 Å². The molecule has 2 heterocycles. The molecule has 2 aromatic rings. The number of aliphatic hydroxyl groups excluding tert-OH is 1. The van der Waals surface area contributed by atoms with Crippen molar-refractivity contribution in [2.45, 2.75) is 22.4 Å². The van der Waals surface area contributed by atoms with Gasteiger partial charge in [0, 0.05) is 11.8 Å². The molecule has 0 saturated carbocycles. The predicted octanol–water partition coefficient (Wildman–Crippen LogP) is 2.14. The molecule has 0 aliphatic carbocycles. The van der Waals surface area contributed by atoms with Crippen LogP contribution < -0.4 is 0 Å². The second kappa shape index (κ2) is 4.69. The third-order valence-corrected chi connectivity index (χ3v) is 3.53. The average Bonchev–Trinajstić information content (AvgIpc) is 2.71. The molecule has 2 aromatic heterocycles. The van der Waals surface area contributed by atoms with Crippen LogP contribution in [0.1, 0.15) is 18.6 Å². The fraction of sp³-hybridized carbons (Fsp3) is 0.222. The van der Waals surface area contributed by atoms with Crippen molar-refractivity contribution < 1.29 is 5.11 Å². The molecule has 0 bridgehead atoms. The van der Waals surface area contributed by atoms with Crippen LogP contribution in [0.4, 0.5) is 0 Å². The summed E-state index contributed by atoms with van der Waals surface area (Å²) in [6.07, 6.45) is 2.70. The van der Waals surface area contributed by atoms with Gasteiger partial charge in [-0.15, -0.1) is 0 Å². The number of pyridine rings is 1. The molecular weight excluding hydrogens is 230 g/mol. The Bertz CT molecular complexity index is 431. The molecule has 0 aromatic carbocycles. The summed E-state index contributed by atoms with van der Waals surface area (Å²) in [4.78, 5) is 8.28. The Hall–Kier alpha value is -0.980. The molecule has 1 unspecified atom stereocenters. The first kappa shape index (κ1) is 10.5. The van der Waals surface area contributed by atoms with Gasteiger partial charge in [0.2, 0.25) is 0 Å². The smallest absolute Gasteiger partial charge is 0.176 e. The SMILES string of the molecule is CC(O)c1cccnc1Sc1ncns1. The Morgan fingerprint density at radius 3 is 3.00 bits per heavy atom. The molecule has 6 heteroatoms. The lowest BCUT2D eigenvalue weighted by atomic mass is 10.2. The first-order chi connectivity index (χ1) is 7.27. The average molecular weight is 239 g/mol. The van der Waals surface area contributed by atoms with Crippen molar-refractivity contribution in [2.75, 3.05) is 0 Å². The third kappa shape index (κ3) is 2.53. The number of aromatic nitrogens is 3. The minimum absolute atomic E-state index is 0.519. The van der Waals surface area contributed by atoms with E-state index in [2.05, 4.69) is 14.3 Å². The van der Waals surface area contributed by atoms with E-state index in [4.69, 9.17) is 0 Å². The van der Waals surface area contributed by atoms with Crippen LogP contribution in [0.25, 0.3) is 0 Å². The molecule has 0 amide bonds. The Balaban J connectivity index is 2.28. The van der Waals surface area contributed by atoms with Gasteiger partial charge in [-0.3, -0.25) is 0 Å². The van der Waals surface area contributed by atoms with Gasteiger partial charge in [0.15, 0.2) is 4.34 Å². The standard InChI is InChI=1S/C9H9N3OS2/c1-6(13)7-3-2-4-10-8(7)14-9-11-5-12-15-9/h2-6,13H,1H3. The number of aliphatic hydroxyl groups is 1. The van der Waals surface area contributed by atoms with Crippen LogP contribution in [-0.4, -0.2) is 19.4 Å². The van der Waals surface area contributed by atoms with Crippen LogP contribution in [0.15, 0.2) is 34.0 Å². The molecule has 1 N–H and O–H groups in total. The van der Waals surface area contributed by atoms with Gasteiger partial charge < -0.3 is 5.11 Å². The minimum atomic E-state index is -0.519. The fourth-order valence-electron chi connectivity index (χ4n) is 1.10. The Kier molecular flexibility index (Phi) is 3.30. The van der Waals surface area contributed by atoms with Crippen molar-refractivity contribution in [3.63, 3.8) is 0 Å². The monoisotopic (exact) mass is 239 g/mol. The van der Waals surface area contributed by atoms with E-state index in [0.29, 0.717) is 0 Å². The summed E-state index contributed by atoms with van der Waals surface area (Å²) in [6.45, 7) is 1.72. The summed E-state index contributed by atoms with van der Waals surface area (Å²) in [6, 6.07) is 3.67. The third-order valence-electron chi connectivity index (χ3n) is 1.78. The van der Waals surface area contributed by atoms with Crippen LogP contribution in [0.3, 0.4) is 0 Å². The van der Waals surface area contributed by atoms with E-state index >= 15 is 0 Å². The van der Waals surface area contributed by atoms with Gasteiger partial charge in [-0.25, -0.2) is 9.97 Å². The maximum Gasteiger partial charge on any atom is 0.176 e. The van der Waals surface area contributed by atoms with Crippen LogP contribution in [0.2, 0.25) is 0 Å². The van der Waals surface area contributed by atoms with Gasteiger partial charge in [0.25, 0.3) is 0 Å². The van der Waals surface area contributed by atoms with Crippen LogP contribution >= 0.6 is 23.3 Å². The summed E-state index contributed by atoms with van der Waals surface area (Å²) < 4.78 is 4.74. The zero-order valence-electron chi connectivity index (χ0n) is 7.99. The highest BCUT2D eigenvalue weighted by molar-refractivity contribution is 8.00. The second-order valence-corrected chi connectivity index (χ2v) is 4.90. The van der Waals surface area contributed by atoms with Crippen molar-refractivity contribution in [3.05, 3.63) is 30.2 Å². The summed E-state index contributed by atoms with van der Waals surface area (Å²) in [5.41, 5.74) is 0.817. The van der Waals surface area contributed by atoms with Gasteiger partial charge in [0.05, 0.1) is 6.10 Å². The Morgan fingerprint density at radius 1 is 1.47 bits per heavy atom. The lowest BCUT2D eigenvalue weighted by molar-refractivity contribution is 0.195. The predicted molar refractivity (Wildman–Crippen MR) is 58.9 cm³/mol. The molecule has 0 spiro atoms. The molecule has 0 aliphatic rings. The van der Waals surface area contributed by atoms with Gasteiger partial charge in [-0.05, 0) is 36.3 Å². The maximum absolute atomic E-state index is 9.55. The minimum Gasteiger partial charge on any atom is -0.389 e. The zero-order valence-corrected chi connectivity index (χ0v) is 9.63. The van der Waals surface area contributed by atoms with Crippen molar-refractivity contribution >= 4 is 23.3 Å². The largest absolute Gasteiger partial charge is 0.389 e. The first-order valence-corrected chi connectivity index (χ1v) is 5.94. The molecule has 15 heavy (non-hydrogen) atoms. The molecule has 78 valence electrons. The van der Waals surface area contributed by atoms with Gasteiger partial charge in [0.1, 0.15) is 11.4 Å². The summed E-state index contributed by atoms with van der Waals surface area (Å²) in [5, 5.41) is 10.3. The quantitative estimate of drug-likeness (QED) is 0.889. The van der Waals surface area contributed by atoms with Gasteiger partial charge >= 0.3 is 0 Å².